The first-order valence-corrected chi connectivity index (χ1v) is 13.8. The standard InChI is InChI=1S/C33H25FN2O4S/c1-19-15-20(2)28-26(16-19)41-33(35-28)36-29(23-9-6-10-25(17-23)40-18-21-7-4-3-5-8-21)27(31(38)32(36)39)30(37)22-11-13-24(34)14-12-22/h3-17,29,37H,18H2,1-2H3/b30-27+. The molecule has 1 unspecified atom stereocenters. The Kier molecular flexibility index (Phi) is 6.85. The van der Waals surface area contributed by atoms with E-state index >= 15 is 0 Å². The second kappa shape index (κ2) is 10.6. The van der Waals surface area contributed by atoms with Crippen molar-refractivity contribution in [1.82, 2.24) is 4.98 Å². The number of aliphatic hydroxyl groups excluding tert-OH is 1. The van der Waals surface area contributed by atoms with E-state index in [9.17, 15) is 19.1 Å². The van der Waals surface area contributed by atoms with Crippen LogP contribution >= 0.6 is 11.3 Å². The van der Waals surface area contributed by atoms with Crippen molar-refractivity contribution in [2.24, 2.45) is 0 Å². The maximum atomic E-state index is 13.6. The van der Waals surface area contributed by atoms with Crippen molar-refractivity contribution in [3.63, 3.8) is 0 Å². The van der Waals surface area contributed by atoms with E-state index in [0.29, 0.717) is 23.1 Å². The fraction of sp³-hybridized carbons (Fsp3) is 0.121. The number of halogens is 1. The molecule has 204 valence electrons. The number of Topliss-reactive ketones (excluding diaryl/α,β-unsaturated/α-hetero) is 1. The average Bonchev–Trinajstić information content (AvgIpc) is 3.51. The summed E-state index contributed by atoms with van der Waals surface area (Å²) in [7, 11) is 0. The lowest BCUT2D eigenvalue weighted by Crippen LogP contribution is -2.29. The molecule has 8 heteroatoms. The molecule has 1 atom stereocenters. The number of rotatable bonds is 6. The first-order chi connectivity index (χ1) is 19.8. The lowest BCUT2D eigenvalue weighted by Gasteiger charge is -2.23. The molecule has 1 amide bonds. The maximum Gasteiger partial charge on any atom is 0.301 e. The number of hydrogen-bond acceptors (Lipinski definition) is 6. The van der Waals surface area contributed by atoms with Crippen molar-refractivity contribution >= 4 is 44.1 Å². The molecular weight excluding hydrogens is 539 g/mol. The molecule has 6 rings (SSSR count). The van der Waals surface area contributed by atoms with Gasteiger partial charge in [-0.3, -0.25) is 14.5 Å². The van der Waals surface area contributed by atoms with Gasteiger partial charge in [0, 0.05) is 5.56 Å². The van der Waals surface area contributed by atoms with Gasteiger partial charge in [0.2, 0.25) is 0 Å². The Labute approximate surface area is 240 Å². The number of carbonyl (C=O) groups excluding carboxylic acids is 2. The summed E-state index contributed by atoms with van der Waals surface area (Å²) in [6.45, 7) is 4.27. The fourth-order valence-electron chi connectivity index (χ4n) is 5.09. The third kappa shape index (κ3) is 4.98. The number of nitrogens with zero attached hydrogens (tertiary/aromatic N) is 2. The first kappa shape index (κ1) is 26.4. The summed E-state index contributed by atoms with van der Waals surface area (Å²) in [4.78, 5) is 33.3. The van der Waals surface area contributed by atoms with Crippen LogP contribution in [0, 0.1) is 19.7 Å². The van der Waals surface area contributed by atoms with Crippen LogP contribution < -0.4 is 9.64 Å². The quantitative estimate of drug-likeness (QED) is 0.133. The number of anilines is 1. The zero-order valence-electron chi connectivity index (χ0n) is 22.3. The van der Waals surface area contributed by atoms with E-state index in [0.717, 1.165) is 26.9 Å². The molecule has 1 saturated heterocycles. The Hall–Kier alpha value is -4.82. The van der Waals surface area contributed by atoms with Crippen LogP contribution in [-0.2, 0) is 16.2 Å². The summed E-state index contributed by atoms with van der Waals surface area (Å²) in [6, 6.07) is 25.0. The van der Waals surface area contributed by atoms with Gasteiger partial charge in [-0.05, 0) is 78.6 Å². The Balaban J connectivity index is 1.49. The van der Waals surface area contributed by atoms with E-state index in [-0.39, 0.29) is 16.9 Å². The van der Waals surface area contributed by atoms with Crippen molar-refractivity contribution in [1.29, 1.82) is 0 Å². The molecule has 1 aromatic heterocycles. The summed E-state index contributed by atoms with van der Waals surface area (Å²) in [6.07, 6.45) is 0. The van der Waals surface area contributed by atoms with Crippen molar-refractivity contribution in [3.8, 4) is 5.75 Å². The van der Waals surface area contributed by atoms with Crippen LogP contribution in [0.15, 0.2) is 96.6 Å². The number of ketones is 1. The number of amides is 1. The number of fused-ring (bicyclic) bond motifs is 1. The van der Waals surface area contributed by atoms with E-state index in [1.165, 1.54) is 40.5 Å². The third-order valence-corrected chi connectivity index (χ3v) is 8.01. The lowest BCUT2D eigenvalue weighted by atomic mass is 9.95. The van der Waals surface area contributed by atoms with E-state index < -0.39 is 23.5 Å². The minimum atomic E-state index is -0.984. The number of aliphatic hydroxyl groups is 1. The van der Waals surface area contributed by atoms with Gasteiger partial charge in [0.15, 0.2) is 5.13 Å². The number of aromatic nitrogens is 1. The van der Waals surface area contributed by atoms with E-state index in [1.807, 2.05) is 56.3 Å². The summed E-state index contributed by atoms with van der Waals surface area (Å²) in [5, 5.41) is 11.7. The maximum absolute atomic E-state index is 13.6. The highest BCUT2D eigenvalue weighted by Gasteiger charge is 2.48. The van der Waals surface area contributed by atoms with Gasteiger partial charge >= 0.3 is 5.91 Å². The molecule has 0 aliphatic carbocycles. The summed E-state index contributed by atoms with van der Waals surface area (Å²) < 4.78 is 20.6. The Morgan fingerprint density at radius 1 is 0.976 bits per heavy atom. The van der Waals surface area contributed by atoms with Crippen LogP contribution in [0.2, 0.25) is 0 Å². The molecule has 5 aromatic rings. The van der Waals surface area contributed by atoms with Gasteiger partial charge in [0.1, 0.15) is 23.9 Å². The summed E-state index contributed by atoms with van der Waals surface area (Å²) in [5.41, 5.74) is 4.43. The smallest absolute Gasteiger partial charge is 0.301 e. The highest BCUT2D eigenvalue weighted by atomic mass is 32.1. The Bertz CT molecular complexity index is 1830. The second-order valence-electron chi connectivity index (χ2n) is 9.95. The van der Waals surface area contributed by atoms with Gasteiger partial charge in [-0.2, -0.15) is 0 Å². The lowest BCUT2D eigenvalue weighted by molar-refractivity contribution is -0.132. The van der Waals surface area contributed by atoms with Crippen LogP contribution in [-0.4, -0.2) is 21.8 Å². The molecule has 1 aliphatic rings. The molecular formula is C33H25FN2O4S. The van der Waals surface area contributed by atoms with Crippen molar-refractivity contribution in [3.05, 3.63) is 130 Å². The van der Waals surface area contributed by atoms with Gasteiger partial charge in [-0.25, -0.2) is 9.37 Å². The molecule has 0 spiro atoms. The molecule has 1 N–H and O–H groups in total. The Morgan fingerprint density at radius 2 is 1.73 bits per heavy atom. The minimum Gasteiger partial charge on any atom is -0.507 e. The van der Waals surface area contributed by atoms with Crippen LogP contribution in [0.5, 0.6) is 5.75 Å². The number of ether oxygens (including phenoxy) is 1. The predicted octanol–water partition coefficient (Wildman–Crippen LogP) is 7.26. The summed E-state index contributed by atoms with van der Waals surface area (Å²) >= 11 is 1.31. The van der Waals surface area contributed by atoms with Gasteiger partial charge in [0.25, 0.3) is 5.78 Å². The van der Waals surface area contributed by atoms with E-state index in [4.69, 9.17) is 9.72 Å². The van der Waals surface area contributed by atoms with Crippen molar-refractivity contribution in [2.75, 3.05) is 4.90 Å². The van der Waals surface area contributed by atoms with Gasteiger partial charge in [0.05, 0.1) is 21.8 Å². The second-order valence-corrected chi connectivity index (χ2v) is 11.0. The molecule has 6 nitrogen and oxygen atoms in total. The molecule has 0 bridgehead atoms. The molecule has 0 saturated carbocycles. The highest BCUT2D eigenvalue weighted by molar-refractivity contribution is 7.22. The van der Waals surface area contributed by atoms with Gasteiger partial charge in [-0.15, -0.1) is 0 Å². The topological polar surface area (TPSA) is 79.7 Å². The van der Waals surface area contributed by atoms with Crippen LogP contribution in [0.25, 0.3) is 16.0 Å². The van der Waals surface area contributed by atoms with Crippen LogP contribution in [0.1, 0.15) is 33.9 Å². The van der Waals surface area contributed by atoms with Gasteiger partial charge in [-0.1, -0.05) is 59.9 Å². The fourth-order valence-corrected chi connectivity index (χ4v) is 6.25. The van der Waals surface area contributed by atoms with Gasteiger partial charge < -0.3 is 9.84 Å². The number of hydrogen-bond donors (Lipinski definition) is 1. The highest BCUT2D eigenvalue weighted by Crippen LogP contribution is 2.45. The van der Waals surface area contributed by atoms with Crippen molar-refractivity contribution in [2.45, 2.75) is 26.5 Å². The van der Waals surface area contributed by atoms with Crippen LogP contribution in [0.4, 0.5) is 9.52 Å². The predicted molar refractivity (Wildman–Crippen MR) is 157 cm³/mol. The molecule has 0 radical (unpaired) electrons. The zero-order valence-corrected chi connectivity index (χ0v) is 23.1. The van der Waals surface area contributed by atoms with E-state index in [2.05, 4.69) is 0 Å². The normalized spacial score (nSPS) is 16.5. The number of aryl methyl sites for hydroxylation is 2. The number of carbonyl (C=O) groups is 2. The average molecular weight is 565 g/mol. The summed E-state index contributed by atoms with van der Waals surface area (Å²) in [5.74, 6) is -1.99. The molecule has 2 heterocycles. The molecule has 41 heavy (non-hydrogen) atoms. The molecule has 4 aromatic carbocycles. The number of benzene rings is 4. The SMILES string of the molecule is Cc1cc(C)c2nc(N3C(=O)C(=O)/C(=C(/O)c4ccc(F)cc4)C3c3cccc(OCc4ccccc4)c3)sc2c1. The van der Waals surface area contributed by atoms with Crippen LogP contribution in [0.3, 0.4) is 0 Å². The molecule has 1 aliphatic heterocycles. The first-order valence-electron chi connectivity index (χ1n) is 13.0. The van der Waals surface area contributed by atoms with E-state index in [1.54, 1.807) is 24.3 Å². The van der Waals surface area contributed by atoms with Crippen molar-refractivity contribution < 1.29 is 23.8 Å². The third-order valence-electron chi connectivity index (χ3n) is 7.01. The monoisotopic (exact) mass is 564 g/mol. The Morgan fingerprint density at radius 3 is 2.49 bits per heavy atom. The zero-order chi connectivity index (χ0) is 28.7. The minimum absolute atomic E-state index is 0.103. The number of thiazole rings is 1. The molecule has 1 fully saturated rings. The largest absolute Gasteiger partial charge is 0.507 e.